The number of carbonyl (C=O) groups is 4. The molecule has 0 bridgehead atoms. The first kappa shape index (κ1) is 27.7. The van der Waals surface area contributed by atoms with E-state index in [1.54, 1.807) is 20.8 Å². The molecule has 198 valence electrons. The Kier molecular flexibility index (Phi) is 8.54. The molecular formula is C27H33N3O7. The second kappa shape index (κ2) is 11.4. The summed E-state index contributed by atoms with van der Waals surface area (Å²) in [5, 5.41) is 14.7. The number of primary amides is 1. The average molecular weight is 512 g/mol. The lowest BCUT2D eigenvalue weighted by Gasteiger charge is -2.27. The van der Waals surface area contributed by atoms with Gasteiger partial charge in [-0.25, -0.2) is 9.59 Å². The number of nitrogens with two attached hydrogens (primary N) is 1. The fraction of sp³-hybridized carbons (Fsp3) is 0.407. The maximum Gasteiger partial charge on any atom is 0.407 e. The van der Waals surface area contributed by atoms with Crippen LogP contribution in [0, 0.1) is 0 Å². The SMILES string of the molecule is CC(O)[C@H](NC(=O)[C@H](CC(N)=O)NC(=O)OCC1c2ccccc2-c2ccccc21)C(=O)OC(C)(C)C. The summed E-state index contributed by atoms with van der Waals surface area (Å²) in [5.41, 5.74) is 8.56. The molecule has 0 spiro atoms. The van der Waals surface area contributed by atoms with Gasteiger partial charge >= 0.3 is 12.1 Å². The lowest BCUT2D eigenvalue weighted by atomic mass is 9.98. The van der Waals surface area contributed by atoms with Crippen LogP contribution < -0.4 is 16.4 Å². The van der Waals surface area contributed by atoms with Gasteiger partial charge in [-0.1, -0.05) is 48.5 Å². The lowest BCUT2D eigenvalue weighted by Crippen LogP contribution is -2.56. The number of hydrogen-bond donors (Lipinski definition) is 4. The van der Waals surface area contributed by atoms with Crippen LogP contribution in [0.3, 0.4) is 0 Å². The first-order valence-corrected chi connectivity index (χ1v) is 12.0. The number of amides is 3. The Bertz CT molecular complexity index is 1130. The van der Waals surface area contributed by atoms with Crippen molar-refractivity contribution in [2.24, 2.45) is 5.73 Å². The zero-order chi connectivity index (χ0) is 27.3. The third-order valence-electron chi connectivity index (χ3n) is 5.80. The molecule has 37 heavy (non-hydrogen) atoms. The first-order chi connectivity index (χ1) is 17.4. The van der Waals surface area contributed by atoms with Crippen molar-refractivity contribution < 1.29 is 33.8 Å². The van der Waals surface area contributed by atoms with Crippen LogP contribution in [-0.4, -0.2) is 59.4 Å². The molecule has 0 saturated heterocycles. The largest absolute Gasteiger partial charge is 0.458 e. The summed E-state index contributed by atoms with van der Waals surface area (Å²) < 4.78 is 10.7. The number of benzene rings is 2. The van der Waals surface area contributed by atoms with Crippen molar-refractivity contribution in [2.45, 2.75) is 63.8 Å². The Morgan fingerprint density at radius 3 is 2.00 bits per heavy atom. The fourth-order valence-corrected chi connectivity index (χ4v) is 4.19. The molecule has 1 aliphatic carbocycles. The molecule has 1 unspecified atom stereocenters. The zero-order valence-electron chi connectivity index (χ0n) is 21.3. The highest BCUT2D eigenvalue weighted by Gasteiger charge is 2.34. The van der Waals surface area contributed by atoms with Crippen LogP contribution in [0.5, 0.6) is 0 Å². The number of hydrogen-bond acceptors (Lipinski definition) is 7. The second-order valence-corrected chi connectivity index (χ2v) is 9.95. The number of fused-ring (bicyclic) bond motifs is 3. The van der Waals surface area contributed by atoms with Crippen molar-refractivity contribution in [1.82, 2.24) is 10.6 Å². The third-order valence-corrected chi connectivity index (χ3v) is 5.80. The molecule has 0 saturated carbocycles. The topological polar surface area (TPSA) is 157 Å². The molecule has 0 heterocycles. The first-order valence-electron chi connectivity index (χ1n) is 12.0. The molecule has 0 aliphatic heterocycles. The molecular weight excluding hydrogens is 478 g/mol. The van der Waals surface area contributed by atoms with E-state index in [4.69, 9.17) is 15.2 Å². The normalized spacial score (nSPS) is 14.9. The number of carbonyl (C=O) groups excluding carboxylic acids is 4. The van der Waals surface area contributed by atoms with Gasteiger partial charge in [-0.15, -0.1) is 0 Å². The molecule has 3 rings (SSSR count). The Morgan fingerprint density at radius 2 is 1.51 bits per heavy atom. The van der Waals surface area contributed by atoms with Gasteiger partial charge in [-0.2, -0.15) is 0 Å². The molecule has 2 aromatic carbocycles. The van der Waals surface area contributed by atoms with Gasteiger partial charge in [0.05, 0.1) is 12.5 Å². The monoisotopic (exact) mass is 511 g/mol. The number of nitrogens with one attached hydrogen (secondary N) is 2. The van der Waals surface area contributed by atoms with E-state index >= 15 is 0 Å². The summed E-state index contributed by atoms with van der Waals surface area (Å²) in [6.45, 7) is 6.22. The molecule has 2 aromatic rings. The highest BCUT2D eigenvalue weighted by Crippen LogP contribution is 2.44. The summed E-state index contributed by atoms with van der Waals surface area (Å²) in [6, 6.07) is 12.8. The summed E-state index contributed by atoms with van der Waals surface area (Å²) in [7, 11) is 0. The lowest BCUT2D eigenvalue weighted by molar-refractivity contribution is -0.161. The van der Waals surface area contributed by atoms with E-state index in [1.807, 2.05) is 48.5 Å². The number of ether oxygens (including phenoxy) is 2. The Balaban J connectivity index is 1.68. The van der Waals surface area contributed by atoms with Gasteiger partial charge in [0.2, 0.25) is 11.8 Å². The highest BCUT2D eigenvalue weighted by molar-refractivity contribution is 5.93. The minimum atomic E-state index is -1.43. The molecule has 0 fully saturated rings. The zero-order valence-corrected chi connectivity index (χ0v) is 21.3. The van der Waals surface area contributed by atoms with Crippen LogP contribution in [-0.2, 0) is 23.9 Å². The van der Waals surface area contributed by atoms with Crippen LogP contribution >= 0.6 is 0 Å². The van der Waals surface area contributed by atoms with Crippen LogP contribution in [0.2, 0.25) is 0 Å². The van der Waals surface area contributed by atoms with E-state index in [2.05, 4.69) is 10.6 Å². The fourth-order valence-electron chi connectivity index (χ4n) is 4.19. The van der Waals surface area contributed by atoms with Gasteiger partial charge < -0.3 is 30.9 Å². The molecule has 1 aliphatic rings. The number of rotatable bonds is 9. The summed E-state index contributed by atoms with van der Waals surface area (Å²) in [6.07, 6.45) is -2.78. The molecule has 0 radical (unpaired) electrons. The van der Waals surface area contributed by atoms with Crippen molar-refractivity contribution >= 4 is 23.9 Å². The second-order valence-electron chi connectivity index (χ2n) is 9.95. The van der Waals surface area contributed by atoms with E-state index < -0.39 is 54.1 Å². The van der Waals surface area contributed by atoms with E-state index in [1.165, 1.54) is 6.92 Å². The van der Waals surface area contributed by atoms with Crippen LogP contribution in [0.4, 0.5) is 4.79 Å². The molecule has 5 N–H and O–H groups in total. The van der Waals surface area contributed by atoms with Crippen molar-refractivity contribution in [3.05, 3.63) is 59.7 Å². The molecule has 3 amide bonds. The van der Waals surface area contributed by atoms with Gasteiger partial charge in [0.25, 0.3) is 0 Å². The minimum absolute atomic E-state index is 0.00101. The van der Waals surface area contributed by atoms with Crippen LogP contribution in [0.15, 0.2) is 48.5 Å². The third kappa shape index (κ3) is 7.07. The highest BCUT2D eigenvalue weighted by atomic mass is 16.6. The maximum absolute atomic E-state index is 12.9. The van der Waals surface area contributed by atoms with E-state index in [9.17, 15) is 24.3 Å². The Morgan fingerprint density at radius 1 is 0.973 bits per heavy atom. The van der Waals surface area contributed by atoms with Crippen LogP contribution in [0.1, 0.15) is 51.2 Å². The summed E-state index contributed by atoms with van der Waals surface area (Å²) in [4.78, 5) is 49.6. The van der Waals surface area contributed by atoms with Crippen LogP contribution in [0.25, 0.3) is 11.1 Å². The molecule has 0 aromatic heterocycles. The minimum Gasteiger partial charge on any atom is -0.458 e. The number of esters is 1. The quantitative estimate of drug-likeness (QED) is 0.375. The van der Waals surface area contributed by atoms with Crippen molar-refractivity contribution in [2.75, 3.05) is 6.61 Å². The molecule has 10 nitrogen and oxygen atoms in total. The smallest absolute Gasteiger partial charge is 0.407 e. The number of aliphatic hydroxyl groups excluding tert-OH is 1. The van der Waals surface area contributed by atoms with Gasteiger partial charge in [-0.3, -0.25) is 9.59 Å². The molecule has 3 atom stereocenters. The summed E-state index contributed by atoms with van der Waals surface area (Å²) in [5.74, 6) is -2.82. The van der Waals surface area contributed by atoms with Gasteiger partial charge in [-0.05, 0) is 49.9 Å². The Labute approximate surface area is 215 Å². The van der Waals surface area contributed by atoms with Gasteiger partial charge in [0, 0.05) is 5.92 Å². The predicted molar refractivity (Wildman–Crippen MR) is 135 cm³/mol. The average Bonchev–Trinajstić information content (AvgIpc) is 3.12. The van der Waals surface area contributed by atoms with Gasteiger partial charge in [0.1, 0.15) is 18.2 Å². The molecule has 10 heteroatoms. The number of aliphatic hydroxyl groups is 1. The predicted octanol–water partition coefficient (Wildman–Crippen LogP) is 1.98. The van der Waals surface area contributed by atoms with E-state index in [0.29, 0.717) is 0 Å². The maximum atomic E-state index is 12.9. The van der Waals surface area contributed by atoms with E-state index in [0.717, 1.165) is 22.3 Å². The number of alkyl carbamates (subject to hydrolysis) is 1. The summed E-state index contributed by atoms with van der Waals surface area (Å²) >= 11 is 0. The van der Waals surface area contributed by atoms with E-state index in [-0.39, 0.29) is 12.5 Å². The van der Waals surface area contributed by atoms with Crippen molar-refractivity contribution in [3.63, 3.8) is 0 Å². The Hall–Kier alpha value is -3.92. The van der Waals surface area contributed by atoms with Gasteiger partial charge in [0.15, 0.2) is 6.04 Å². The standard InChI is InChI=1S/C27H33N3O7/c1-15(31)23(25(34)37-27(2,3)4)30-24(33)21(13-22(28)32)29-26(35)36-14-20-18-11-7-5-9-16(18)17-10-6-8-12-19(17)20/h5-12,15,20-21,23,31H,13-14H2,1-4H3,(H2,28,32)(H,29,35)(H,30,33)/t15?,21-,23-/m0/s1. The van der Waals surface area contributed by atoms with Crippen molar-refractivity contribution in [1.29, 1.82) is 0 Å². The van der Waals surface area contributed by atoms with Crippen molar-refractivity contribution in [3.8, 4) is 11.1 Å².